The Hall–Kier alpha value is -2.36. The van der Waals surface area contributed by atoms with E-state index in [9.17, 15) is 9.59 Å². The smallest absolute Gasteiger partial charge is 0.305 e. The first-order chi connectivity index (χ1) is 10.7. The van der Waals surface area contributed by atoms with Crippen molar-refractivity contribution in [2.75, 3.05) is 14.2 Å². The lowest BCUT2D eigenvalue weighted by Gasteiger charge is -2.11. The van der Waals surface area contributed by atoms with Crippen LogP contribution in [-0.4, -0.2) is 26.2 Å². The van der Waals surface area contributed by atoms with Crippen LogP contribution in [-0.2, 0) is 31.9 Å². The average molecular weight is 300 g/mol. The van der Waals surface area contributed by atoms with E-state index in [1.54, 1.807) is 0 Å². The summed E-state index contributed by atoms with van der Waals surface area (Å²) in [7, 11) is 2.80. The third-order valence-corrected chi connectivity index (χ3v) is 3.76. The van der Waals surface area contributed by atoms with Gasteiger partial charge in [0.25, 0.3) is 0 Å². The number of fused-ring (bicyclic) bond motifs is 1. The van der Waals surface area contributed by atoms with Crippen molar-refractivity contribution < 1.29 is 19.1 Å². The number of ether oxygens (including phenoxy) is 2. The molecule has 22 heavy (non-hydrogen) atoms. The first kappa shape index (κ1) is 16.0. The molecule has 0 atom stereocenters. The van der Waals surface area contributed by atoms with E-state index in [2.05, 4.69) is 0 Å². The Kier molecular flexibility index (Phi) is 5.53. The van der Waals surface area contributed by atoms with Gasteiger partial charge in [0, 0.05) is 12.8 Å². The minimum Gasteiger partial charge on any atom is -0.469 e. The number of aryl methyl sites for hydroxylation is 2. The highest BCUT2D eigenvalue weighted by Crippen LogP contribution is 2.25. The second-order valence-corrected chi connectivity index (χ2v) is 5.08. The van der Waals surface area contributed by atoms with Crippen molar-refractivity contribution in [3.05, 3.63) is 47.5 Å². The molecular formula is C18H20O4. The lowest BCUT2D eigenvalue weighted by Crippen LogP contribution is -2.04. The Morgan fingerprint density at radius 3 is 1.55 bits per heavy atom. The Bertz CT molecular complexity index is 617. The predicted octanol–water partition coefficient (Wildman–Crippen LogP) is 3.05. The van der Waals surface area contributed by atoms with Gasteiger partial charge in [0.2, 0.25) is 0 Å². The highest BCUT2D eigenvalue weighted by atomic mass is 16.5. The number of carbonyl (C=O) groups excluding carboxylic acids is 2. The second-order valence-electron chi connectivity index (χ2n) is 5.08. The van der Waals surface area contributed by atoms with Crippen LogP contribution in [0.5, 0.6) is 0 Å². The van der Waals surface area contributed by atoms with E-state index >= 15 is 0 Å². The predicted molar refractivity (Wildman–Crippen MR) is 84.6 cm³/mol. The van der Waals surface area contributed by atoms with Gasteiger partial charge in [-0.15, -0.1) is 0 Å². The minimum absolute atomic E-state index is 0.209. The van der Waals surface area contributed by atoms with E-state index in [1.165, 1.54) is 14.2 Å². The highest BCUT2D eigenvalue weighted by molar-refractivity contribution is 5.89. The number of carbonyl (C=O) groups is 2. The summed E-state index contributed by atoms with van der Waals surface area (Å²) < 4.78 is 9.39. The maximum Gasteiger partial charge on any atom is 0.305 e. The molecule has 0 saturated heterocycles. The van der Waals surface area contributed by atoms with Gasteiger partial charge in [-0.2, -0.15) is 0 Å². The number of hydrogen-bond donors (Lipinski definition) is 0. The van der Waals surface area contributed by atoms with Crippen LogP contribution >= 0.6 is 0 Å². The number of hydrogen-bond acceptors (Lipinski definition) is 4. The van der Waals surface area contributed by atoms with Gasteiger partial charge in [-0.3, -0.25) is 9.59 Å². The molecule has 0 N–H and O–H groups in total. The molecule has 4 nitrogen and oxygen atoms in total. The van der Waals surface area contributed by atoms with Crippen LogP contribution in [0.15, 0.2) is 36.4 Å². The molecule has 0 unspecified atom stereocenters. The van der Waals surface area contributed by atoms with Crippen LogP contribution in [0.3, 0.4) is 0 Å². The molecule has 2 rings (SSSR count). The number of benzene rings is 2. The summed E-state index contributed by atoms with van der Waals surface area (Å²) in [6, 6.07) is 12.1. The fourth-order valence-electron chi connectivity index (χ4n) is 2.54. The van der Waals surface area contributed by atoms with Gasteiger partial charge in [-0.25, -0.2) is 0 Å². The number of rotatable bonds is 6. The Morgan fingerprint density at radius 1 is 0.773 bits per heavy atom. The fourth-order valence-corrected chi connectivity index (χ4v) is 2.54. The Morgan fingerprint density at radius 2 is 1.18 bits per heavy atom. The van der Waals surface area contributed by atoms with Crippen molar-refractivity contribution in [1.82, 2.24) is 0 Å². The van der Waals surface area contributed by atoms with Gasteiger partial charge >= 0.3 is 11.9 Å². The normalized spacial score (nSPS) is 10.5. The summed E-state index contributed by atoms with van der Waals surface area (Å²) in [4.78, 5) is 22.7. The van der Waals surface area contributed by atoms with Crippen LogP contribution in [0.4, 0.5) is 0 Å². The average Bonchev–Trinajstić information content (AvgIpc) is 2.57. The second kappa shape index (κ2) is 7.59. The highest BCUT2D eigenvalue weighted by Gasteiger charge is 2.09. The van der Waals surface area contributed by atoms with Crippen molar-refractivity contribution in [2.24, 2.45) is 0 Å². The van der Waals surface area contributed by atoms with E-state index in [-0.39, 0.29) is 11.9 Å². The molecule has 0 radical (unpaired) electrons. The zero-order valence-corrected chi connectivity index (χ0v) is 12.9. The first-order valence-corrected chi connectivity index (χ1v) is 7.29. The van der Waals surface area contributed by atoms with Crippen LogP contribution in [0.1, 0.15) is 24.0 Å². The molecule has 0 fully saturated rings. The van der Waals surface area contributed by atoms with Gasteiger partial charge in [0.05, 0.1) is 14.2 Å². The molecule has 116 valence electrons. The molecule has 0 heterocycles. The summed E-state index contributed by atoms with van der Waals surface area (Å²) in [5.74, 6) is -0.419. The van der Waals surface area contributed by atoms with Gasteiger partial charge in [0.15, 0.2) is 0 Å². The van der Waals surface area contributed by atoms with Crippen molar-refractivity contribution in [3.8, 4) is 0 Å². The zero-order valence-electron chi connectivity index (χ0n) is 12.9. The molecule has 0 aromatic heterocycles. The van der Waals surface area contributed by atoms with Crippen molar-refractivity contribution in [3.63, 3.8) is 0 Å². The van der Waals surface area contributed by atoms with Gasteiger partial charge < -0.3 is 9.47 Å². The third-order valence-electron chi connectivity index (χ3n) is 3.76. The van der Waals surface area contributed by atoms with Crippen LogP contribution in [0.2, 0.25) is 0 Å². The molecule has 0 aliphatic carbocycles. The monoisotopic (exact) mass is 300 g/mol. The third kappa shape index (κ3) is 3.85. The van der Waals surface area contributed by atoms with Gasteiger partial charge in [0.1, 0.15) is 0 Å². The lowest BCUT2D eigenvalue weighted by molar-refractivity contribution is -0.141. The summed E-state index contributed by atoms with van der Waals surface area (Å²) in [6.07, 6.45) is 2.01. The van der Waals surface area contributed by atoms with Gasteiger partial charge in [-0.05, 0) is 34.7 Å². The standard InChI is InChI=1S/C18H20O4/c1-21-17(19)11-9-13-7-8-14(10-12-18(20)22-2)16-6-4-3-5-15(13)16/h3-8H,9-12H2,1-2H3. The first-order valence-electron chi connectivity index (χ1n) is 7.29. The van der Waals surface area contributed by atoms with E-state index in [1.807, 2.05) is 36.4 Å². The van der Waals surface area contributed by atoms with Crippen molar-refractivity contribution >= 4 is 22.7 Å². The summed E-state index contributed by atoms with van der Waals surface area (Å²) in [5, 5.41) is 2.24. The Labute approximate surface area is 130 Å². The molecule has 0 aliphatic rings. The van der Waals surface area contributed by atoms with Crippen LogP contribution < -0.4 is 0 Å². The van der Waals surface area contributed by atoms with Crippen LogP contribution in [0, 0.1) is 0 Å². The summed E-state index contributed by atoms with van der Waals surface area (Å²) >= 11 is 0. The summed E-state index contributed by atoms with van der Waals surface area (Å²) in [5.41, 5.74) is 2.23. The van der Waals surface area contributed by atoms with Crippen LogP contribution in [0.25, 0.3) is 10.8 Å². The van der Waals surface area contributed by atoms with E-state index in [0.29, 0.717) is 25.7 Å². The molecule has 2 aromatic rings. The summed E-state index contributed by atoms with van der Waals surface area (Å²) in [6.45, 7) is 0. The molecule has 2 aromatic carbocycles. The van der Waals surface area contributed by atoms with E-state index < -0.39 is 0 Å². The quantitative estimate of drug-likeness (QED) is 0.769. The van der Waals surface area contributed by atoms with Crippen molar-refractivity contribution in [2.45, 2.75) is 25.7 Å². The molecule has 4 heteroatoms. The number of esters is 2. The van der Waals surface area contributed by atoms with Crippen molar-refractivity contribution in [1.29, 1.82) is 0 Å². The molecule has 0 amide bonds. The Balaban J connectivity index is 2.26. The maximum absolute atomic E-state index is 11.3. The van der Waals surface area contributed by atoms with E-state index in [0.717, 1.165) is 21.9 Å². The molecule has 0 bridgehead atoms. The zero-order chi connectivity index (χ0) is 15.9. The molecule has 0 saturated carbocycles. The largest absolute Gasteiger partial charge is 0.469 e. The van der Waals surface area contributed by atoms with E-state index in [4.69, 9.17) is 9.47 Å². The van der Waals surface area contributed by atoms with Gasteiger partial charge in [-0.1, -0.05) is 36.4 Å². The topological polar surface area (TPSA) is 52.6 Å². The lowest BCUT2D eigenvalue weighted by atomic mass is 9.95. The number of methoxy groups -OCH3 is 2. The molecule has 0 aliphatic heterocycles. The maximum atomic E-state index is 11.3. The SMILES string of the molecule is COC(=O)CCc1ccc(CCC(=O)OC)c2ccccc12. The molecule has 0 spiro atoms. The minimum atomic E-state index is -0.209. The fraction of sp³-hybridized carbons (Fsp3) is 0.333. The molecular weight excluding hydrogens is 280 g/mol.